The number of rotatable bonds is 11. The van der Waals surface area contributed by atoms with Crippen molar-refractivity contribution in [2.75, 3.05) is 6.61 Å². The van der Waals surface area contributed by atoms with Crippen molar-refractivity contribution >= 4 is 5.97 Å². The Balaban J connectivity index is 1.21. The van der Waals surface area contributed by atoms with Gasteiger partial charge in [0.05, 0.1) is 5.92 Å². The maximum atomic E-state index is 14.4. The van der Waals surface area contributed by atoms with E-state index >= 15 is 0 Å². The number of halogens is 2. The fourth-order valence-electron chi connectivity index (χ4n) is 7.44. The molecule has 0 amide bonds. The minimum absolute atomic E-state index is 0.0702. The van der Waals surface area contributed by atoms with Gasteiger partial charge in [-0.3, -0.25) is 4.79 Å². The Hall–Kier alpha value is -1.91. The second kappa shape index (κ2) is 13.8. The number of carbonyl (C=O) groups is 1. The van der Waals surface area contributed by atoms with Gasteiger partial charge in [0.2, 0.25) is 11.6 Å². The van der Waals surface area contributed by atoms with Crippen molar-refractivity contribution in [3.8, 4) is 11.5 Å². The van der Waals surface area contributed by atoms with Gasteiger partial charge in [-0.05, 0) is 99.5 Å². The molecule has 4 unspecified atom stereocenters. The van der Waals surface area contributed by atoms with Crippen molar-refractivity contribution in [2.45, 2.75) is 103 Å². The first-order valence-electron chi connectivity index (χ1n) is 14.9. The molecule has 1 aromatic rings. The molecule has 0 radical (unpaired) electrons. The predicted octanol–water partition coefficient (Wildman–Crippen LogP) is 9.04. The number of carbonyl (C=O) groups excluding carboxylic acids is 1. The number of hydrogen-bond donors (Lipinski definition) is 0. The van der Waals surface area contributed by atoms with Gasteiger partial charge in [0.25, 0.3) is 0 Å². The Morgan fingerprint density at radius 1 is 0.865 bits per heavy atom. The predicted molar refractivity (Wildman–Crippen MR) is 144 cm³/mol. The minimum atomic E-state index is -1.18. The lowest BCUT2D eigenvalue weighted by atomic mass is 9.60. The number of benzene rings is 1. The SMILES string of the molecule is C=CCOc1ccc(OC(=O)C2CCC(C3CCC4CC(CCCCCC)CCC4C3)CC2)c(F)c1F. The van der Waals surface area contributed by atoms with E-state index in [2.05, 4.69) is 13.5 Å². The molecule has 3 saturated carbocycles. The normalized spacial score (nSPS) is 29.8. The molecule has 1 aromatic carbocycles. The van der Waals surface area contributed by atoms with Crippen LogP contribution in [0, 0.1) is 47.1 Å². The van der Waals surface area contributed by atoms with Crippen molar-refractivity contribution in [1.82, 2.24) is 0 Å². The summed E-state index contributed by atoms with van der Waals surface area (Å²) in [6, 6.07) is 2.55. The Bertz CT molecular complexity index is 892. The fourth-order valence-corrected chi connectivity index (χ4v) is 7.44. The Kier molecular flexibility index (Phi) is 10.5. The first-order valence-corrected chi connectivity index (χ1v) is 14.9. The number of hydrogen-bond acceptors (Lipinski definition) is 3. The highest BCUT2D eigenvalue weighted by Crippen LogP contribution is 2.49. The number of esters is 1. The van der Waals surface area contributed by atoms with E-state index in [1.807, 2.05) is 0 Å². The third-order valence-corrected chi connectivity index (χ3v) is 9.58. The van der Waals surface area contributed by atoms with Crippen molar-refractivity contribution in [2.24, 2.45) is 35.5 Å². The summed E-state index contributed by atoms with van der Waals surface area (Å²) in [6.07, 6.45) is 20.4. The van der Waals surface area contributed by atoms with E-state index in [4.69, 9.17) is 9.47 Å². The molecule has 3 nitrogen and oxygen atoms in total. The molecule has 0 saturated heterocycles. The van der Waals surface area contributed by atoms with Crippen LogP contribution in [0.25, 0.3) is 0 Å². The summed E-state index contributed by atoms with van der Waals surface area (Å²) in [5.74, 6) is 0.690. The van der Waals surface area contributed by atoms with Crippen LogP contribution in [0.15, 0.2) is 24.8 Å². The maximum Gasteiger partial charge on any atom is 0.314 e. The van der Waals surface area contributed by atoms with Gasteiger partial charge in [0.15, 0.2) is 11.5 Å². The van der Waals surface area contributed by atoms with Crippen molar-refractivity contribution < 1.29 is 23.0 Å². The van der Waals surface area contributed by atoms with Gasteiger partial charge in [0, 0.05) is 0 Å². The van der Waals surface area contributed by atoms with Crippen molar-refractivity contribution in [3.05, 3.63) is 36.4 Å². The molecule has 3 aliphatic rings. The first kappa shape index (κ1) is 28.1. The highest BCUT2D eigenvalue weighted by atomic mass is 19.2. The molecule has 0 spiro atoms. The van der Waals surface area contributed by atoms with Crippen LogP contribution < -0.4 is 9.47 Å². The number of unbranched alkanes of at least 4 members (excludes halogenated alkanes) is 3. The van der Waals surface area contributed by atoms with E-state index in [1.54, 1.807) is 0 Å². The summed E-state index contributed by atoms with van der Waals surface area (Å²) in [5, 5.41) is 0. The van der Waals surface area contributed by atoms with Crippen LogP contribution in [-0.4, -0.2) is 12.6 Å². The summed E-state index contributed by atoms with van der Waals surface area (Å²) in [4.78, 5) is 12.7. The van der Waals surface area contributed by atoms with Crippen LogP contribution in [0.3, 0.4) is 0 Å². The van der Waals surface area contributed by atoms with Crippen LogP contribution in [0.4, 0.5) is 8.78 Å². The highest BCUT2D eigenvalue weighted by Gasteiger charge is 2.39. The molecule has 4 atom stereocenters. The number of ether oxygens (including phenoxy) is 2. The van der Waals surface area contributed by atoms with E-state index in [9.17, 15) is 13.6 Å². The van der Waals surface area contributed by atoms with Gasteiger partial charge >= 0.3 is 5.97 Å². The van der Waals surface area contributed by atoms with Gasteiger partial charge in [-0.15, -0.1) is 0 Å². The molecular formula is C32H46F2O3. The largest absolute Gasteiger partial charge is 0.486 e. The van der Waals surface area contributed by atoms with E-state index in [-0.39, 0.29) is 24.0 Å². The molecule has 3 fully saturated rings. The second-order valence-electron chi connectivity index (χ2n) is 11.9. The summed E-state index contributed by atoms with van der Waals surface area (Å²) < 4.78 is 39.0. The van der Waals surface area contributed by atoms with Gasteiger partial charge < -0.3 is 9.47 Å². The lowest BCUT2D eigenvalue weighted by Crippen LogP contribution is -2.35. The molecular weight excluding hydrogens is 470 g/mol. The molecule has 206 valence electrons. The fraction of sp³-hybridized carbons (Fsp3) is 0.719. The molecule has 5 heteroatoms. The standard InChI is InChI=1S/C32H46F2O3/c1-3-5-6-7-8-22-9-10-27-21-26(16-15-25(27)20-22)23-11-13-24(14-12-23)32(35)37-29-18-17-28(36-19-4-2)30(33)31(29)34/h4,17-18,22-27H,2-3,5-16,19-21H2,1H3. The van der Waals surface area contributed by atoms with Crippen LogP contribution in [0.1, 0.15) is 103 Å². The van der Waals surface area contributed by atoms with Crippen LogP contribution >= 0.6 is 0 Å². The van der Waals surface area contributed by atoms with Gasteiger partial charge in [-0.25, -0.2) is 0 Å². The molecule has 0 aromatic heterocycles. The molecule has 0 N–H and O–H groups in total. The zero-order valence-electron chi connectivity index (χ0n) is 22.7. The molecule has 3 aliphatic carbocycles. The Labute approximate surface area is 222 Å². The van der Waals surface area contributed by atoms with Gasteiger partial charge in [0.1, 0.15) is 6.61 Å². The van der Waals surface area contributed by atoms with Crippen LogP contribution in [0.5, 0.6) is 11.5 Å². The summed E-state index contributed by atoms with van der Waals surface area (Å²) in [6.45, 7) is 5.85. The lowest BCUT2D eigenvalue weighted by Gasteiger charge is -2.45. The van der Waals surface area contributed by atoms with Crippen LogP contribution in [-0.2, 0) is 4.79 Å². The highest BCUT2D eigenvalue weighted by molar-refractivity contribution is 5.75. The quantitative estimate of drug-likeness (QED) is 0.127. The molecule has 0 heterocycles. The van der Waals surface area contributed by atoms with E-state index < -0.39 is 17.6 Å². The first-order chi connectivity index (χ1) is 18.0. The summed E-state index contributed by atoms with van der Waals surface area (Å²) in [7, 11) is 0. The minimum Gasteiger partial charge on any atom is -0.486 e. The molecule has 37 heavy (non-hydrogen) atoms. The summed E-state index contributed by atoms with van der Waals surface area (Å²) in [5.41, 5.74) is 0. The number of fused-ring (bicyclic) bond motifs is 1. The molecule has 0 aliphatic heterocycles. The zero-order valence-corrected chi connectivity index (χ0v) is 22.7. The van der Waals surface area contributed by atoms with E-state index in [1.165, 1.54) is 88.8 Å². The topological polar surface area (TPSA) is 35.5 Å². The summed E-state index contributed by atoms with van der Waals surface area (Å²) >= 11 is 0. The van der Waals surface area contributed by atoms with Gasteiger partial charge in [-0.1, -0.05) is 58.1 Å². The molecule has 4 rings (SSSR count). The Morgan fingerprint density at radius 3 is 2.22 bits per heavy atom. The average molecular weight is 517 g/mol. The monoisotopic (exact) mass is 516 g/mol. The lowest BCUT2D eigenvalue weighted by molar-refractivity contribution is -0.140. The van der Waals surface area contributed by atoms with Crippen LogP contribution in [0.2, 0.25) is 0 Å². The average Bonchev–Trinajstić information content (AvgIpc) is 2.93. The van der Waals surface area contributed by atoms with Crippen molar-refractivity contribution in [3.63, 3.8) is 0 Å². The zero-order chi connectivity index (χ0) is 26.2. The smallest absolute Gasteiger partial charge is 0.314 e. The van der Waals surface area contributed by atoms with E-state index in [0.717, 1.165) is 49.4 Å². The third kappa shape index (κ3) is 7.35. The maximum absolute atomic E-state index is 14.4. The third-order valence-electron chi connectivity index (χ3n) is 9.58. The van der Waals surface area contributed by atoms with Gasteiger partial charge in [-0.2, -0.15) is 8.78 Å². The second-order valence-corrected chi connectivity index (χ2v) is 11.9. The molecule has 0 bridgehead atoms. The van der Waals surface area contributed by atoms with E-state index in [0.29, 0.717) is 5.92 Å². The Morgan fingerprint density at radius 2 is 1.49 bits per heavy atom. The van der Waals surface area contributed by atoms with Crippen molar-refractivity contribution in [1.29, 1.82) is 0 Å².